The van der Waals surface area contributed by atoms with E-state index in [-0.39, 0.29) is 5.75 Å². The van der Waals surface area contributed by atoms with Gasteiger partial charge in [-0.2, -0.15) is 0 Å². The van der Waals surface area contributed by atoms with Gasteiger partial charge in [-0.1, -0.05) is 23.7 Å². The van der Waals surface area contributed by atoms with E-state index in [1.807, 2.05) is 12.1 Å². The number of hydrogen-bond acceptors (Lipinski definition) is 3. The summed E-state index contributed by atoms with van der Waals surface area (Å²) in [6.07, 6.45) is 0. The normalized spacial score (nSPS) is 17.9. The molecule has 1 fully saturated rings. The molecule has 1 aromatic rings. The third-order valence-corrected chi connectivity index (χ3v) is 2.98. The van der Waals surface area contributed by atoms with Crippen molar-refractivity contribution in [3.8, 4) is 5.75 Å². The molecule has 0 aromatic heterocycles. The molecule has 0 saturated carbocycles. The second-order valence-corrected chi connectivity index (χ2v) is 4.18. The zero-order chi connectivity index (χ0) is 10.7. The van der Waals surface area contributed by atoms with Crippen LogP contribution in [0.5, 0.6) is 5.75 Å². The highest BCUT2D eigenvalue weighted by Crippen LogP contribution is 2.27. The van der Waals surface area contributed by atoms with E-state index >= 15 is 0 Å². The standard InChI is InChI=1S/C11H15ClN2O/c12-10-3-1-2-9(11(10)15)8-14-6-4-13-5-7-14/h1-3,13,15H,4-8H2. The molecule has 0 atom stereocenters. The van der Waals surface area contributed by atoms with Gasteiger partial charge >= 0.3 is 0 Å². The quantitative estimate of drug-likeness (QED) is 0.802. The van der Waals surface area contributed by atoms with Crippen molar-refractivity contribution in [1.82, 2.24) is 10.2 Å². The summed E-state index contributed by atoms with van der Waals surface area (Å²) in [6.45, 7) is 4.84. The van der Waals surface area contributed by atoms with Crippen LogP contribution in [0.3, 0.4) is 0 Å². The van der Waals surface area contributed by atoms with Crippen LogP contribution in [-0.4, -0.2) is 36.2 Å². The van der Waals surface area contributed by atoms with Crippen molar-refractivity contribution in [2.45, 2.75) is 6.54 Å². The lowest BCUT2D eigenvalue weighted by Gasteiger charge is -2.27. The van der Waals surface area contributed by atoms with Crippen molar-refractivity contribution in [2.75, 3.05) is 26.2 Å². The van der Waals surface area contributed by atoms with E-state index < -0.39 is 0 Å². The lowest BCUT2D eigenvalue weighted by molar-refractivity contribution is 0.230. The van der Waals surface area contributed by atoms with E-state index in [1.54, 1.807) is 6.07 Å². The molecule has 0 unspecified atom stereocenters. The van der Waals surface area contributed by atoms with Crippen LogP contribution >= 0.6 is 11.6 Å². The summed E-state index contributed by atoms with van der Waals surface area (Å²) >= 11 is 5.85. The molecule has 2 rings (SSSR count). The molecule has 0 bridgehead atoms. The van der Waals surface area contributed by atoms with Gasteiger partial charge in [-0.3, -0.25) is 4.90 Å². The minimum Gasteiger partial charge on any atom is -0.506 e. The van der Waals surface area contributed by atoms with Crippen LogP contribution in [-0.2, 0) is 6.54 Å². The number of para-hydroxylation sites is 1. The number of nitrogens with one attached hydrogen (secondary N) is 1. The van der Waals surface area contributed by atoms with Crippen molar-refractivity contribution in [3.05, 3.63) is 28.8 Å². The molecule has 1 aliphatic heterocycles. The van der Waals surface area contributed by atoms with Gasteiger partial charge in [0.05, 0.1) is 5.02 Å². The van der Waals surface area contributed by atoms with Gasteiger partial charge in [0.1, 0.15) is 5.75 Å². The van der Waals surface area contributed by atoms with E-state index in [4.69, 9.17) is 11.6 Å². The maximum atomic E-state index is 9.75. The van der Waals surface area contributed by atoms with Crippen molar-refractivity contribution < 1.29 is 5.11 Å². The summed E-state index contributed by atoms with van der Waals surface area (Å²) in [5.74, 6) is 0.220. The minimum atomic E-state index is 0.220. The predicted molar refractivity (Wildman–Crippen MR) is 61.3 cm³/mol. The van der Waals surface area contributed by atoms with Gasteiger partial charge in [0, 0.05) is 38.3 Å². The Hall–Kier alpha value is -0.770. The molecule has 1 aliphatic rings. The largest absolute Gasteiger partial charge is 0.506 e. The van der Waals surface area contributed by atoms with Crippen LogP contribution in [0.15, 0.2) is 18.2 Å². The van der Waals surface area contributed by atoms with Crippen LogP contribution < -0.4 is 5.32 Å². The lowest BCUT2D eigenvalue weighted by Crippen LogP contribution is -2.42. The zero-order valence-corrected chi connectivity index (χ0v) is 9.30. The molecule has 0 aliphatic carbocycles. The van der Waals surface area contributed by atoms with Gasteiger partial charge in [0.15, 0.2) is 0 Å². The van der Waals surface area contributed by atoms with Crippen molar-refractivity contribution >= 4 is 11.6 Å². The third-order valence-electron chi connectivity index (χ3n) is 2.67. The number of halogens is 1. The summed E-state index contributed by atoms with van der Waals surface area (Å²) < 4.78 is 0. The number of rotatable bonds is 2. The smallest absolute Gasteiger partial charge is 0.138 e. The molecule has 1 saturated heterocycles. The molecule has 0 radical (unpaired) electrons. The van der Waals surface area contributed by atoms with E-state index in [1.165, 1.54) is 0 Å². The summed E-state index contributed by atoms with van der Waals surface area (Å²) in [4.78, 5) is 2.31. The van der Waals surface area contributed by atoms with Crippen LogP contribution in [0, 0.1) is 0 Å². The lowest BCUT2D eigenvalue weighted by atomic mass is 10.2. The first-order chi connectivity index (χ1) is 7.27. The first kappa shape index (κ1) is 10.7. The summed E-state index contributed by atoms with van der Waals surface area (Å²) in [5, 5.41) is 13.5. The molecule has 82 valence electrons. The number of phenols is 1. The Kier molecular flexibility index (Phi) is 3.46. The van der Waals surface area contributed by atoms with Crippen LogP contribution in [0.1, 0.15) is 5.56 Å². The van der Waals surface area contributed by atoms with Crippen LogP contribution in [0.25, 0.3) is 0 Å². The molecular weight excluding hydrogens is 212 g/mol. The van der Waals surface area contributed by atoms with Gasteiger partial charge in [-0.15, -0.1) is 0 Å². The number of nitrogens with zero attached hydrogens (tertiary/aromatic N) is 1. The first-order valence-electron chi connectivity index (χ1n) is 5.17. The molecule has 1 heterocycles. The number of phenolic OH excluding ortho intramolecular Hbond substituents is 1. The molecule has 4 heteroatoms. The Labute approximate surface area is 94.7 Å². The maximum absolute atomic E-state index is 9.75. The first-order valence-corrected chi connectivity index (χ1v) is 5.54. The monoisotopic (exact) mass is 226 g/mol. The van der Waals surface area contributed by atoms with Gasteiger partial charge in [0.25, 0.3) is 0 Å². The summed E-state index contributed by atoms with van der Waals surface area (Å²) in [5.41, 5.74) is 0.907. The fraction of sp³-hybridized carbons (Fsp3) is 0.455. The van der Waals surface area contributed by atoms with Gasteiger partial charge in [0.2, 0.25) is 0 Å². The Balaban J connectivity index is 2.06. The van der Waals surface area contributed by atoms with E-state index in [2.05, 4.69) is 10.2 Å². The number of piperazine rings is 1. The SMILES string of the molecule is Oc1c(Cl)cccc1CN1CCNCC1. The average molecular weight is 227 g/mol. The molecule has 3 nitrogen and oxygen atoms in total. The van der Waals surface area contributed by atoms with Crippen LogP contribution in [0.4, 0.5) is 0 Å². The van der Waals surface area contributed by atoms with Crippen molar-refractivity contribution in [3.63, 3.8) is 0 Å². The summed E-state index contributed by atoms with van der Waals surface area (Å²) in [7, 11) is 0. The minimum absolute atomic E-state index is 0.220. The molecule has 0 spiro atoms. The second-order valence-electron chi connectivity index (χ2n) is 3.77. The Morgan fingerprint density at radius 1 is 1.33 bits per heavy atom. The molecule has 15 heavy (non-hydrogen) atoms. The molecule has 2 N–H and O–H groups in total. The van der Waals surface area contributed by atoms with Gasteiger partial charge in [-0.05, 0) is 6.07 Å². The van der Waals surface area contributed by atoms with Gasteiger partial charge < -0.3 is 10.4 Å². The Morgan fingerprint density at radius 2 is 2.07 bits per heavy atom. The third kappa shape index (κ3) is 2.62. The fourth-order valence-corrected chi connectivity index (χ4v) is 1.99. The fourth-order valence-electron chi connectivity index (χ4n) is 1.80. The van der Waals surface area contributed by atoms with Crippen molar-refractivity contribution in [1.29, 1.82) is 0 Å². The number of benzene rings is 1. The number of aromatic hydroxyl groups is 1. The molecule has 1 aromatic carbocycles. The van der Waals surface area contributed by atoms with Crippen LogP contribution in [0.2, 0.25) is 5.02 Å². The topological polar surface area (TPSA) is 35.5 Å². The highest BCUT2D eigenvalue weighted by atomic mass is 35.5. The highest BCUT2D eigenvalue weighted by molar-refractivity contribution is 6.32. The zero-order valence-electron chi connectivity index (χ0n) is 8.54. The van der Waals surface area contributed by atoms with Gasteiger partial charge in [-0.25, -0.2) is 0 Å². The molecular formula is C11H15ClN2O. The number of hydrogen-bond donors (Lipinski definition) is 2. The van der Waals surface area contributed by atoms with E-state index in [9.17, 15) is 5.11 Å². The highest BCUT2D eigenvalue weighted by Gasteiger charge is 2.12. The average Bonchev–Trinajstić information content (AvgIpc) is 2.26. The summed E-state index contributed by atoms with van der Waals surface area (Å²) in [6, 6.07) is 5.50. The predicted octanol–water partition coefficient (Wildman–Crippen LogP) is 1.45. The van der Waals surface area contributed by atoms with Crippen molar-refractivity contribution in [2.24, 2.45) is 0 Å². The van der Waals surface area contributed by atoms with E-state index in [0.717, 1.165) is 38.3 Å². The second kappa shape index (κ2) is 4.84. The molecule has 0 amide bonds. The Morgan fingerprint density at radius 3 is 2.80 bits per heavy atom. The maximum Gasteiger partial charge on any atom is 0.138 e. The Bertz CT molecular complexity index is 337. The van der Waals surface area contributed by atoms with E-state index in [0.29, 0.717) is 5.02 Å².